The average molecular weight is 335 g/mol. The molecule has 0 heteroatoms. The van der Waals surface area contributed by atoms with E-state index in [0.29, 0.717) is 11.8 Å². The second kappa shape index (κ2) is 9.04. The van der Waals surface area contributed by atoms with Gasteiger partial charge in [0.2, 0.25) is 0 Å². The molecule has 0 nitrogen and oxygen atoms in total. The summed E-state index contributed by atoms with van der Waals surface area (Å²) in [4.78, 5) is 0. The van der Waals surface area contributed by atoms with Gasteiger partial charge in [-0.25, -0.2) is 0 Å². The van der Waals surface area contributed by atoms with Crippen molar-refractivity contribution in [3.05, 3.63) is 83.1 Å². The van der Waals surface area contributed by atoms with Gasteiger partial charge in [0.05, 0.1) is 0 Å². The molecular weight excluding hydrogens is 300 g/mol. The maximum Gasteiger partial charge on any atom is 0.00549 e. The van der Waals surface area contributed by atoms with Gasteiger partial charge in [-0.3, -0.25) is 0 Å². The van der Waals surface area contributed by atoms with Crippen molar-refractivity contribution in [2.45, 2.75) is 59.8 Å². The van der Waals surface area contributed by atoms with E-state index in [9.17, 15) is 0 Å². The molecule has 0 N–H and O–H groups in total. The molecule has 2 atom stereocenters. The molecule has 0 aliphatic heterocycles. The average Bonchev–Trinajstić information content (AvgIpc) is 2.59. The highest BCUT2D eigenvalue weighted by molar-refractivity contribution is 5.39. The Hall–Kier alpha value is -1.82. The molecule has 0 saturated carbocycles. The summed E-state index contributed by atoms with van der Waals surface area (Å²) < 4.78 is 0. The van der Waals surface area contributed by atoms with E-state index in [-0.39, 0.29) is 0 Å². The third-order valence-corrected chi connectivity index (χ3v) is 5.87. The number of rotatable bonds is 7. The van der Waals surface area contributed by atoms with Crippen LogP contribution < -0.4 is 0 Å². The van der Waals surface area contributed by atoms with E-state index in [1.165, 1.54) is 46.3 Å². The maximum atomic E-state index is 4.29. The Morgan fingerprint density at radius 3 is 2.80 bits per heavy atom. The second-order valence-electron chi connectivity index (χ2n) is 7.66. The summed E-state index contributed by atoms with van der Waals surface area (Å²) in [7, 11) is 0. The summed E-state index contributed by atoms with van der Waals surface area (Å²) in [5.41, 5.74) is 8.63. The van der Waals surface area contributed by atoms with Gasteiger partial charge in [-0.2, -0.15) is 0 Å². The number of hydrogen-bond donors (Lipinski definition) is 0. The molecule has 25 heavy (non-hydrogen) atoms. The van der Waals surface area contributed by atoms with E-state index in [1.54, 1.807) is 0 Å². The topological polar surface area (TPSA) is 0 Å². The fraction of sp³-hybridized carbons (Fsp3) is 0.440. The van der Waals surface area contributed by atoms with Gasteiger partial charge in [0.15, 0.2) is 0 Å². The molecule has 0 amide bonds. The van der Waals surface area contributed by atoms with Gasteiger partial charge >= 0.3 is 0 Å². The lowest BCUT2D eigenvalue weighted by Gasteiger charge is -2.24. The Labute approximate surface area is 155 Å². The van der Waals surface area contributed by atoms with Crippen LogP contribution >= 0.6 is 0 Å². The first-order chi connectivity index (χ1) is 11.9. The van der Waals surface area contributed by atoms with Crippen LogP contribution in [-0.4, -0.2) is 0 Å². The highest BCUT2D eigenvalue weighted by Gasteiger charge is 2.18. The molecule has 2 rings (SSSR count). The molecule has 0 aromatic rings. The standard InChI is InChI=1S/C25H34/c1-7-23(25-16-10-13-20(4)22(25)6)17-18(2)11-8-14-24-15-9-12-19(3)21(24)5/h7-8,10-11,15-16,20,23H,1-2,9,12-14,17H2,3-6H3. The molecule has 2 aliphatic rings. The van der Waals surface area contributed by atoms with Gasteiger partial charge in [-0.1, -0.05) is 66.7 Å². The quantitative estimate of drug-likeness (QED) is 0.331. The van der Waals surface area contributed by atoms with Crippen LogP contribution in [0.1, 0.15) is 59.8 Å². The molecule has 0 aromatic carbocycles. The van der Waals surface area contributed by atoms with Crippen LogP contribution in [0.25, 0.3) is 0 Å². The zero-order valence-corrected chi connectivity index (χ0v) is 16.6. The fourth-order valence-corrected chi connectivity index (χ4v) is 3.75. The first-order valence-corrected chi connectivity index (χ1v) is 9.63. The Kier molecular flexibility index (Phi) is 7.05. The molecule has 0 heterocycles. The van der Waals surface area contributed by atoms with Crippen molar-refractivity contribution in [2.24, 2.45) is 11.8 Å². The van der Waals surface area contributed by atoms with Gasteiger partial charge < -0.3 is 0 Å². The van der Waals surface area contributed by atoms with Crippen molar-refractivity contribution >= 4 is 0 Å². The van der Waals surface area contributed by atoms with Crippen LogP contribution in [0.4, 0.5) is 0 Å². The second-order valence-corrected chi connectivity index (χ2v) is 7.66. The lowest BCUT2D eigenvalue weighted by atomic mass is 9.81. The highest BCUT2D eigenvalue weighted by atomic mass is 14.2. The zero-order valence-electron chi connectivity index (χ0n) is 16.6. The Bertz CT molecular complexity index is 673. The van der Waals surface area contributed by atoms with Crippen LogP contribution in [0.5, 0.6) is 0 Å². The Morgan fingerprint density at radius 1 is 1.32 bits per heavy atom. The first kappa shape index (κ1) is 19.5. The summed E-state index contributed by atoms with van der Waals surface area (Å²) in [5.74, 6) is 1.01. The third kappa shape index (κ3) is 5.08. The van der Waals surface area contributed by atoms with E-state index in [0.717, 1.165) is 19.3 Å². The Balaban J connectivity index is 1.97. The van der Waals surface area contributed by atoms with Gasteiger partial charge in [-0.15, -0.1) is 6.58 Å². The normalized spacial score (nSPS) is 22.4. The smallest absolute Gasteiger partial charge is 0.00549 e. The van der Waals surface area contributed by atoms with Crippen LogP contribution in [-0.2, 0) is 0 Å². The minimum Gasteiger partial charge on any atom is -0.102 e. The van der Waals surface area contributed by atoms with Gasteiger partial charge in [0.25, 0.3) is 0 Å². The summed E-state index contributed by atoms with van der Waals surface area (Å²) in [5, 5.41) is 0. The van der Waals surface area contributed by atoms with E-state index in [1.807, 2.05) is 0 Å². The molecular formula is C25H34. The Morgan fingerprint density at radius 2 is 2.08 bits per heavy atom. The third-order valence-electron chi connectivity index (χ3n) is 5.87. The van der Waals surface area contributed by atoms with Crippen molar-refractivity contribution in [1.29, 1.82) is 0 Å². The van der Waals surface area contributed by atoms with E-state index < -0.39 is 0 Å². The molecule has 0 saturated heterocycles. The molecule has 0 spiro atoms. The minimum absolute atomic E-state index is 0.369. The minimum atomic E-state index is 0.369. The van der Waals surface area contributed by atoms with Crippen molar-refractivity contribution in [3.63, 3.8) is 0 Å². The van der Waals surface area contributed by atoms with E-state index in [4.69, 9.17) is 0 Å². The lowest BCUT2D eigenvalue weighted by Crippen LogP contribution is -2.10. The van der Waals surface area contributed by atoms with E-state index in [2.05, 4.69) is 77.3 Å². The van der Waals surface area contributed by atoms with Crippen molar-refractivity contribution in [2.75, 3.05) is 0 Å². The molecule has 2 unspecified atom stereocenters. The van der Waals surface area contributed by atoms with Crippen LogP contribution in [0.15, 0.2) is 83.1 Å². The van der Waals surface area contributed by atoms with Crippen molar-refractivity contribution in [3.8, 4) is 0 Å². The first-order valence-electron chi connectivity index (χ1n) is 9.63. The predicted octanol–water partition coefficient (Wildman–Crippen LogP) is 7.65. The largest absolute Gasteiger partial charge is 0.102 e. The lowest BCUT2D eigenvalue weighted by molar-refractivity contribution is 0.645. The summed E-state index contributed by atoms with van der Waals surface area (Å²) >= 11 is 0. The predicted molar refractivity (Wildman–Crippen MR) is 113 cm³/mol. The van der Waals surface area contributed by atoms with Crippen LogP contribution in [0.2, 0.25) is 0 Å². The molecule has 2 aliphatic carbocycles. The molecule has 0 aromatic heterocycles. The molecule has 0 fully saturated rings. The summed E-state index contributed by atoms with van der Waals surface area (Å²) in [6, 6.07) is 0. The SMILES string of the molecule is C=CC(CC(=C)C=CCC1=CCCC(C)=C1C)C1=C(C)C(C)CC=C1. The summed E-state index contributed by atoms with van der Waals surface area (Å²) in [6.45, 7) is 17.4. The molecule has 134 valence electrons. The number of allylic oxidation sites excluding steroid dienone is 12. The van der Waals surface area contributed by atoms with Crippen LogP contribution in [0, 0.1) is 11.8 Å². The number of hydrogen-bond acceptors (Lipinski definition) is 0. The van der Waals surface area contributed by atoms with Crippen LogP contribution in [0.3, 0.4) is 0 Å². The molecule has 0 bridgehead atoms. The summed E-state index contributed by atoms with van der Waals surface area (Å²) in [6.07, 6.45) is 19.1. The highest BCUT2D eigenvalue weighted by Crippen LogP contribution is 2.33. The monoisotopic (exact) mass is 334 g/mol. The van der Waals surface area contributed by atoms with Gasteiger partial charge in [0, 0.05) is 5.92 Å². The maximum absolute atomic E-state index is 4.29. The zero-order chi connectivity index (χ0) is 18.4. The van der Waals surface area contributed by atoms with E-state index >= 15 is 0 Å². The molecule has 0 radical (unpaired) electrons. The fourth-order valence-electron chi connectivity index (χ4n) is 3.75. The van der Waals surface area contributed by atoms with Gasteiger partial charge in [0.1, 0.15) is 0 Å². The van der Waals surface area contributed by atoms with Crippen molar-refractivity contribution in [1.82, 2.24) is 0 Å². The van der Waals surface area contributed by atoms with Gasteiger partial charge in [-0.05, 0) is 75.5 Å². The van der Waals surface area contributed by atoms with Crippen molar-refractivity contribution < 1.29 is 0 Å².